The zero-order chi connectivity index (χ0) is 27.4. The molecule has 200 valence electrons. The molecule has 3 N–H and O–H groups in total. The molecule has 0 saturated carbocycles. The van der Waals surface area contributed by atoms with Crippen LogP contribution in [0.15, 0.2) is 30.6 Å². The summed E-state index contributed by atoms with van der Waals surface area (Å²) in [7, 11) is 3.45. The minimum absolute atomic E-state index is 0.0279. The van der Waals surface area contributed by atoms with Gasteiger partial charge in [-0.3, -0.25) is 0 Å². The van der Waals surface area contributed by atoms with Crippen molar-refractivity contribution in [3.05, 3.63) is 47.4 Å². The van der Waals surface area contributed by atoms with Crippen molar-refractivity contribution in [2.75, 3.05) is 32.5 Å². The van der Waals surface area contributed by atoms with E-state index in [1.807, 2.05) is 33.8 Å². The van der Waals surface area contributed by atoms with Gasteiger partial charge in [0.1, 0.15) is 23.8 Å². The molecular weight excluding hydrogens is 486 g/mol. The Morgan fingerprint density at radius 2 is 1.89 bits per heavy atom. The van der Waals surface area contributed by atoms with Gasteiger partial charge < -0.3 is 30.3 Å². The molecule has 2 amide bonds. The molecular formula is C27H33N7O4. The van der Waals surface area contributed by atoms with E-state index in [0.29, 0.717) is 41.9 Å². The Labute approximate surface area is 221 Å². The molecule has 0 unspecified atom stereocenters. The topological polar surface area (TPSA) is 136 Å². The highest BCUT2D eigenvalue weighted by Gasteiger charge is 2.34. The monoisotopic (exact) mass is 519 g/mol. The number of nitrogens with one attached hydrogen (secondary N) is 1. The summed E-state index contributed by atoms with van der Waals surface area (Å²) in [4.78, 5) is 41.5. The molecule has 2 aliphatic heterocycles. The molecule has 11 heteroatoms. The summed E-state index contributed by atoms with van der Waals surface area (Å²) in [6.07, 6.45) is 3.03. The number of ether oxygens (including phenoxy) is 2. The Morgan fingerprint density at radius 1 is 1.16 bits per heavy atom. The number of likely N-dealkylation sites (tertiary alicyclic amines) is 1. The summed E-state index contributed by atoms with van der Waals surface area (Å²) in [5.74, 6) is 1.20. The van der Waals surface area contributed by atoms with Gasteiger partial charge in [0.2, 0.25) is 5.88 Å². The van der Waals surface area contributed by atoms with Gasteiger partial charge in [0.25, 0.3) is 0 Å². The Kier molecular flexibility index (Phi) is 6.34. The molecule has 2 atom stereocenters. The number of carbonyl (C=O) groups is 2. The minimum Gasteiger partial charge on any atom is -0.470 e. The van der Waals surface area contributed by atoms with Crippen molar-refractivity contribution in [1.82, 2.24) is 24.8 Å². The third-order valence-corrected chi connectivity index (χ3v) is 7.04. The summed E-state index contributed by atoms with van der Waals surface area (Å²) in [5, 5.41) is 4.84. The molecule has 5 rings (SSSR count). The summed E-state index contributed by atoms with van der Waals surface area (Å²) < 4.78 is 11.6. The maximum absolute atomic E-state index is 12.3. The van der Waals surface area contributed by atoms with Crippen LogP contribution in [0.4, 0.5) is 16.4 Å². The average molecular weight is 520 g/mol. The summed E-state index contributed by atoms with van der Waals surface area (Å²) in [6.45, 7) is 8.67. The molecule has 3 aromatic heterocycles. The fraction of sp³-hybridized carbons (Fsp3) is 0.444. The van der Waals surface area contributed by atoms with Crippen LogP contribution in [0.1, 0.15) is 55.2 Å². The fourth-order valence-electron chi connectivity index (χ4n) is 4.65. The highest BCUT2D eigenvalue weighted by molar-refractivity contribution is 5.93. The van der Waals surface area contributed by atoms with Crippen molar-refractivity contribution in [3.8, 4) is 5.88 Å². The van der Waals surface area contributed by atoms with Crippen LogP contribution in [0.5, 0.6) is 5.88 Å². The van der Waals surface area contributed by atoms with E-state index in [2.05, 4.69) is 15.3 Å². The van der Waals surface area contributed by atoms with Crippen LogP contribution in [0.25, 0.3) is 10.8 Å². The van der Waals surface area contributed by atoms with E-state index in [4.69, 9.17) is 20.2 Å². The van der Waals surface area contributed by atoms with Crippen LogP contribution in [-0.2, 0) is 10.3 Å². The van der Waals surface area contributed by atoms with E-state index in [1.165, 1.54) is 0 Å². The first-order valence-corrected chi connectivity index (χ1v) is 12.6. The summed E-state index contributed by atoms with van der Waals surface area (Å²) in [6, 6.07) is 5.32. The first-order chi connectivity index (χ1) is 17.9. The van der Waals surface area contributed by atoms with Crippen molar-refractivity contribution >= 4 is 34.4 Å². The van der Waals surface area contributed by atoms with Crippen LogP contribution in [0.3, 0.4) is 0 Å². The third-order valence-electron chi connectivity index (χ3n) is 7.04. The third kappa shape index (κ3) is 4.69. The smallest absolute Gasteiger partial charge is 0.340 e. The van der Waals surface area contributed by atoms with Crippen LogP contribution in [0.2, 0.25) is 0 Å². The van der Waals surface area contributed by atoms with E-state index in [0.717, 1.165) is 16.3 Å². The zero-order valence-electron chi connectivity index (χ0n) is 22.5. The molecule has 38 heavy (non-hydrogen) atoms. The normalized spacial score (nSPS) is 19.4. The van der Waals surface area contributed by atoms with Gasteiger partial charge in [-0.2, -0.15) is 0 Å². The first-order valence-electron chi connectivity index (χ1n) is 12.6. The lowest BCUT2D eigenvalue weighted by Crippen LogP contribution is -2.58. The van der Waals surface area contributed by atoms with Gasteiger partial charge in [0, 0.05) is 37.9 Å². The predicted octanol–water partition coefficient (Wildman–Crippen LogP) is 3.37. The van der Waals surface area contributed by atoms with Gasteiger partial charge in [-0.15, -0.1) is 0 Å². The van der Waals surface area contributed by atoms with E-state index in [1.54, 1.807) is 48.4 Å². The maximum atomic E-state index is 12.3. The second-order valence-electron chi connectivity index (χ2n) is 10.8. The fourth-order valence-corrected chi connectivity index (χ4v) is 4.65. The lowest BCUT2D eigenvalue weighted by Gasteiger charge is -2.40. The Hall–Kier alpha value is -3.99. The Bertz CT molecular complexity index is 1410. The number of nitrogens with two attached hydrogens (primary N) is 1. The number of hydrogen-bond acceptors (Lipinski definition) is 9. The van der Waals surface area contributed by atoms with Gasteiger partial charge in [0.05, 0.1) is 29.7 Å². The van der Waals surface area contributed by atoms with Crippen LogP contribution in [0, 0.1) is 0 Å². The van der Waals surface area contributed by atoms with Gasteiger partial charge in [0.15, 0.2) is 0 Å². The van der Waals surface area contributed by atoms with E-state index in [-0.39, 0.29) is 30.1 Å². The highest BCUT2D eigenvalue weighted by atomic mass is 16.5. The van der Waals surface area contributed by atoms with Crippen molar-refractivity contribution in [2.24, 2.45) is 5.73 Å². The molecule has 0 spiro atoms. The van der Waals surface area contributed by atoms with Gasteiger partial charge >= 0.3 is 12.0 Å². The summed E-state index contributed by atoms with van der Waals surface area (Å²) >= 11 is 0. The molecule has 5 heterocycles. The molecule has 0 aromatic carbocycles. The van der Waals surface area contributed by atoms with E-state index < -0.39 is 5.54 Å². The second-order valence-corrected chi connectivity index (χ2v) is 10.8. The summed E-state index contributed by atoms with van der Waals surface area (Å²) in [5.41, 5.74) is 7.84. The number of hydrogen-bond donors (Lipinski definition) is 2. The molecule has 11 nitrogen and oxygen atoms in total. The number of aromatic nitrogens is 3. The number of fused-ring (bicyclic) bond motifs is 2. The lowest BCUT2D eigenvalue weighted by molar-refractivity contribution is 0.0235. The molecule has 2 aliphatic rings. The second kappa shape index (κ2) is 9.39. The van der Waals surface area contributed by atoms with Crippen molar-refractivity contribution in [3.63, 3.8) is 0 Å². The van der Waals surface area contributed by atoms with Crippen molar-refractivity contribution < 1.29 is 19.1 Å². The van der Waals surface area contributed by atoms with E-state index >= 15 is 0 Å². The number of pyridine rings is 3. The van der Waals surface area contributed by atoms with Gasteiger partial charge in [-0.1, -0.05) is 6.92 Å². The van der Waals surface area contributed by atoms with Gasteiger partial charge in [-0.25, -0.2) is 24.5 Å². The SMILES string of the molecule is C[C@@H]1OC(=O)c2ccc(Nc3cc4c(C(C)(C)N)cnc(OC5CN(C(=O)N(C)C)C5)c4cn3)nc2[C@H]1C. The lowest BCUT2D eigenvalue weighted by atomic mass is 9.93. The van der Waals surface area contributed by atoms with Crippen molar-refractivity contribution in [1.29, 1.82) is 0 Å². The minimum atomic E-state index is -0.663. The number of nitrogens with zero attached hydrogens (tertiary/aromatic N) is 5. The first kappa shape index (κ1) is 25.7. The number of carbonyl (C=O) groups excluding carboxylic acids is 2. The molecule has 0 radical (unpaired) electrons. The highest BCUT2D eigenvalue weighted by Crippen LogP contribution is 2.35. The standard InChI is InChI=1S/C27H33N7O4/c1-14-15(2)37-25(35)17-7-8-21(32-23(14)17)31-22-9-18-19(10-29-22)24(30-11-20(18)27(3,4)28)38-16-12-34(13-16)26(36)33(5)6/h7-11,14-16H,12-13,28H2,1-6H3,(H,29,31,32)/t14-,15-/m0/s1. The molecule has 0 bridgehead atoms. The average Bonchev–Trinajstić information content (AvgIpc) is 2.83. The number of amides is 2. The van der Waals surface area contributed by atoms with Crippen LogP contribution in [-0.4, -0.2) is 76.1 Å². The molecule has 3 aromatic rings. The Morgan fingerprint density at radius 3 is 2.58 bits per heavy atom. The quantitative estimate of drug-likeness (QED) is 0.486. The Balaban J connectivity index is 1.44. The number of esters is 1. The molecule has 1 saturated heterocycles. The number of rotatable bonds is 5. The van der Waals surface area contributed by atoms with Crippen LogP contribution < -0.4 is 15.8 Å². The predicted molar refractivity (Wildman–Crippen MR) is 143 cm³/mol. The zero-order valence-corrected chi connectivity index (χ0v) is 22.5. The number of anilines is 2. The van der Waals surface area contributed by atoms with Crippen molar-refractivity contribution in [2.45, 2.75) is 51.4 Å². The number of cyclic esters (lactones) is 1. The van der Waals surface area contributed by atoms with Gasteiger partial charge in [-0.05, 0) is 49.9 Å². The molecule has 1 fully saturated rings. The molecule has 0 aliphatic carbocycles. The maximum Gasteiger partial charge on any atom is 0.340 e. The largest absolute Gasteiger partial charge is 0.470 e. The van der Waals surface area contributed by atoms with E-state index in [9.17, 15) is 9.59 Å². The van der Waals surface area contributed by atoms with Crippen LogP contribution >= 0.6 is 0 Å². The number of urea groups is 1.